The van der Waals surface area contributed by atoms with Crippen molar-refractivity contribution in [3.63, 3.8) is 0 Å². The number of rotatable bonds is 9. The Morgan fingerprint density at radius 2 is 1.65 bits per heavy atom. The molecule has 1 atom stereocenters. The highest BCUT2D eigenvalue weighted by atomic mass is 31.2. The Hall–Kier alpha value is -2.68. The van der Waals surface area contributed by atoms with E-state index in [9.17, 15) is 18.9 Å². The number of urea groups is 1. The average Bonchev–Trinajstić information content (AvgIpc) is 2.91. The van der Waals surface area contributed by atoms with Crippen LogP contribution in [0.3, 0.4) is 0 Å². The van der Waals surface area contributed by atoms with Crippen molar-refractivity contribution in [1.82, 2.24) is 10.4 Å². The van der Waals surface area contributed by atoms with Gasteiger partial charge in [0.1, 0.15) is 0 Å². The van der Waals surface area contributed by atoms with E-state index in [1.165, 1.54) is 13.8 Å². The fourth-order valence-corrected chi connectivity index (χ4v) is 5.43. The van der Waals surface area contributed by atoms with Crippen molar-refractivity contribution in [1.29, 1.82) is 0 Å². The summed E-state index contributed by atoms with van der Waals surface area (Å²) in [6.07, 6.45) is 0. The maximum atomic E-state index is 13.7. The van der Waals surface area contributed by atoms with Crippen LogP contribution in [-0.2, 0) is 27.9 Å². The van der Waals surface area contributed by atoms with Gasteiger partial charge >= 0.3 is 19.6 Å². The van der Waals surface area contributed by atoms with Crippen LogP contribution in [0.1, 0.15) is 34.6 Å². The molecule has 1 heterocycles. The van der Waals surface area contributed by atoms with Gasteiger partial charge in [0.25, 0.3) is 5.91 Å². The van der Waals surface area contributed by atoms with Gasteiger partial charge in [-0.2, -0.15) is 0 Å². The van der Waals surface area contributed by atoms with E-state index in [1.54, 1.807) is 51.1 Å². The quantitative estimate of drug-likeness (QED) is 0.434. The first kappa shape index (κ1) is 24.6. The van der Waals surface area contributed by atoms with E-state index < -0.39 is 30.7 Å². The molecule has 1 aromatic carbocycles. The van der Waals surface area contributed by atoms with E-state index in [0.29, 0.717) is 5.69 Å². The van der Waals surface area contributed by atoms with Gasteiger partial charge in [-0.25, -0.2) is 20.0 Å². The molecule has 1 aliphatic heterocycles. The third-order valence-corrected chi connectivity index (χ3v) is 7.38. The van der Waals surface area contributed by atoms with Crippen molar-refractivity contribution in [3.05, 3.63) is 41.6 Å². The minimum Gasteiger partial charge on any atom is -0.463 e. The topological polar surface area (TPSA) is 123 Å². The van der Waals surface area contributed by atoms with E-state index in [-0.39, 0.29) is 31.1 Å². The lowest BCUT2D eigenvalue weighted by atomic mass is 10.0. The number of allylic oxidation sites excluding steroid dienone is 1. The lowest BCUT2D eigenvalue weighted by Crippen LogP contribution is -2.50. The zero-order chi connectivity index (χ0) is 23.2. The number of nitrogens with zero attached hydrogens (tertiary/aromatic N) is 1. The molecule has 1 aromatic rings. The number of hydrogen-bond acceptors (Lipinski definition) is 7. The van der Waals surface area contributed by atoms with Crippen molar-refractivity contribution < 1.29 is 32.7 Å². The Kier molecular flexibility index (Phi) is 8.00. The van der Waals surface area contributed by atoms with Crippen LogP contribution in [0.5, 0.6) is 0 Å². The van der Waals surface area contributed by atoms with Crippen molar-refractivity contribution in [2.75, 3.05) is 25.1 Å². The van der Waals surface area contributed by atoms with Crippen LogP contribution < -0.4 is 10.7 Å². The van der Waals surface area contributed by atoms with E-state index in [0.717, 1.165) is 5.01 Å². The van der Waals surface area contributed by atoms with E-state index in [2.05, 4.69) is 10.7 Å². The highest BCUT2D eigenvalue weighted by Gasteiger charge is 2.64. The number of hydrogen-bond donors (Lipinski definition) is 2. The van der Waals surface area contributed by atoms with Crippen LogP contribution in [0.2, 0.25) is 0 Å². The van der Waals surface area contributed by atoms with Crippen LogP contribution in [-0.4, -0.2) is 47.9 Å². The Balaban J connectivity index is 2.47. The smallest absolute Gasteiger partial charge is 0.350 e. The fraction of sp³-hybridized carbons (Fsp3) is 0.450. The van der Waals surface area contributed by atoms with Crippen LogP contribution in [0.15, 0.2) is 41.6 Å². The number of ether oxygens (including phenoxy) is 1. The second-order valence-corrected chi connectivity index (χ2v) is 9.06. The average molecular weight is 453 g/mol. The van der Waals surface area contributed by atoms with Crippen molar-refractivity contribution in [3.8, 4) is 0 Å². The molecular formula is C20H28N3O7P. The molecule has 0 spiro atoms. The molecule has 11 heteroatoms. The van der Waals surface area contributed by atoms with Gasteiger partial charge in [0, 0.05) is 5.69 Å². The molecule has 3 amide bonds. The van der Waals surface area contributed by atoms with Crippen LogP contribution in [0, 0.1) is 0 Å². The van der Waals surface area contributed by atoms with Gasteiger partial charge in [-0.3, -0.25) is 9.36 Å². The molecule has 2 N–H and O–H groups in total. The Morgan fingerprint density at radius 1 is 1.06 bits per heavy atom. The van der Waals surface area contributed by atoms with Gasteiger partial charge in [0.15, 0.2) is 5.16 Å². The SMILES string of the molecule is CCOC(=O)C1=C(C)N(NC(=O)Nc2ccccc2)C(=O)C1(C)P(=O)(OCC)OCC. The predicted molar refractivity (Wildman–Crippen MR) is 114 cm³/mol. The molecule has 0 fully saturated rings. The minimum atomic E-state index is -4.17. The summed E-state index contributed by atoms with van der Waals surface area (Å²) in [5.41, 5.74) is 2.77. The predicted octanol–water partition coefficient (Wildman–Crippen LogP) is 3.43. The van der Waals surface area contributed by atoms with Crippen molar-refractivity contribution >= 4 is 31.2 Å². The van der Waals surface area contributed by atoms with Gasteiger partial charge in [0.05, 0.1) is 31.1 Å². The molecule has 1 aliphatic rings. The number of carbonyl (C=O) groups is 3. The number of anilines is 1. The molecule has 0 bridgehead atoms. The van der Waals surface area contributed by atoms with Gasteiger partial charge in [-0.05, 0) is 46.8 Å². The highest BCUT2D eigenvalue weighted by molar-refractivity contribution is 7.57. The van der Waals surface area contributed by atoms with Gasteiger partial charge in [-0.15, -0.1) is 0 Å². The summed E-state index contributed by atoms with van der Waals surface area (Å²) in [6, 6.07) is 7.86. The summed E-state index contributed by atoms with van der Waals surface area (Å²) >= 11 is 0. The molecular weight excluding hydrogens is 425 g/mol. The number of benzene rings is 1. The second kappa shape index (κ2) is 10.1. The third-order valence-electron chi connectivity index (χ3n) is 4.67. The number of hydrazine groups is 1. The van der Waals surface area contributed by atoms with E-state index in [1.807, 2.05) is 0 Å². The first-order valence-corrected chi connectivity index (χ1v) is 11.4. The normalized spacial score (nSPS) is 18.9. The molecule has 0 saturated carbocycles. The summed E-state index contributed by atoms with van der Waals surface area (Å²) < 4.78 is 29.6. The molecule has 10 nitrogen and oxygen atoms in total. The van der Waals surface area contributed by atoms with Crippen LogP contribution in [0.25, 0.3) is 0 Å². The standard InChI is InChI=1S/C20H28N3O7P/c1-6-28-17(24)16-14(4)23(22-19(26)21-15-12-10-9-11-13-15)18(25)20(16,5)31(27,29-7-2)30-8-3/h9-13H,6-8H2,1-5H3,(H2,21,22,26). The first-order valence-electron chi connectivity index (χ1n) is 9.91. The summed E-state index contributed by atoms with van der Waals surface area (Å²) in [7, 11) is -4.17. The van der Waals surface area contributed by atoms with Crippen LogP contribution in [0.4, 0.5) is 10.5 Å². The number of amides is 3. The number of carbonyl (C=O) groups excluding carboxylic acids is 3. The van der Waals surface area contributed by atoms with E-state index in [4.69, 9.17) is 13.8 Å². The highest BCUT2D eigenvalue weighted by Crippen LogP contribution is 2.65. The van der Waals surface area contributed by atoms with Crippen molar-refractivity contribution in [2.24, 2.45) is 0 Å². The summed E-state index contributed by atoms with van der Waals surface area (Å²) in [5, 5.41) is 1.45. The van der Waals surface area contributed by atoms with Gasteiger partial charge < -0.3 is 19.1 Å². The number of esters is 1. The molecule has 0 aliphatic carbocycles. The second-order valence-electron chi connectivity index (χ2n) is 6.66. The minimum absolute atomic E-state index is 0.0166. The van der Waals surface area contributed by atoms with E-state index >= 15 is 0 Å². The number of para-hydroxylation sites is 1. The first-order chi connectivity index (χ1) is 14.7. The Bertz CT molecular complexity index is 909. The Morgan fingerprint density at radius 3 is 2.16 bits per heavy atom. The fourth-order valence-electron chi connectivity index (χ4n) is 3.30. The zero-order valence-corrected chi connectivity index (χ0v) is 19.2. The lowest BCUT2D eigenvalue weighted by Gasteiger charge is -2.32. The summed E-state index contributed by atoms with van der Waals surface area (Å²) in [5.74, 6) is -1.68. The van der Waals surface area contributed by atoms with Gasteiger partial charge in [0.2, 0.25) is 0 Å². The maximum Gasteiger partial charge on any atom is 0.350 e. The molecule has 1 unspecified atom stereocenters. The largest absolute Gasteiger partial charge is 0.463 e. The van der Waals surface area contributed by atoms with Crippen LogP contribution >= 0.6 is 7.60 Å². The molecule has 31 heavy (non-hydrogen) atoms. The van der Waals surface area contributed by atoms with Crippen molar-refractivity contribution in [2.45, 2.75) is 39.8 Å². The monoisotopic (exact) mass is 453 g/mol. The summed E-state index contributed by atoms with van der Waals surface area (Å²) in [6.45, 7) is 7.55. The lowest BCUT2D eigenvalue weighted by molar-refractivity contribution is -0.140. The molecule has 170 valence electrons. The molecule has 0 saturated heterocycles. The summed E-state index contributed by atoms with van der Waals surface area (Å²) in [4.78, 5) is 38.7. The zero-order valence-electron chi connectivity index (χ0n) is 18.3. The third kappa shape index (κ3) is 4.66. The Labute approximate surface area is 181 Å². The number of nitrogens with one attached hydrogen (secondary N) is 2. The molecule has 0 radical (unpaired) electrons. The van der Waals surface area contributed by atoms with Gasteiger partial charge in [-0.1, -0.05) is 18.2 Å². The maximum absolute atomic E-state index is 13.7. The molecule has 2 rings (SSSR count). The molecule has 0 aromatic heterocycles.